The van der Waals surface area contributed by atoms with E-state index in [1.54, 1.807) is 18.2 Å². The zero-order valence-corrected chi connectivity index (χ0v) is 36.9. The summed E-state index contributed by atoms with van der Waals surface area (Å²) in [5.74, 6) is 1.29. The predicted octanol–water partition coefficient (Wildman–Crippen LogP) is 7.25. The molecule has 4 aromatic carbocycles. The second kappa shape index (κ2) is 16.7. The van der Waals surface area contributed by atoms with Crippen LogP contribution in [0.2, 0.25) is 0 Å². The van der Waals surface area contributed by atoms with Crippen molar-refractivity contribution in [1.82, 2.24) is 40.0 Å². The Hall–Kier alpha value is -6.78. The van der Waals surface area contributed by atoms with Crippen LogP contribution in [0.25, 0.3) is 44.2 Å². The Morgan fingerprint density at radius 2 is 1.78 bits per heavy atom. The molecule has 2 aromatic heterocycles. The van der Waals surface area contributed by atoms with Crippen molar-refractivity contribution in [3.63, 3.8) is 0 Å². The lowest BCUT2D eigenvalue weighted by Crippen LogP contribution is -2.51. The molecule has 4 N–H and O–H groups in total. The van der Waals surface area contributed by atoms with Crippen LogP contribution in [0.3, 0.4) is 0 Å². The summed E-state index contributed by atoms with van der Waals surface area (Å²) >= 11 is 0. The maximum absolute atomic E-state index is 14.4. The maximum atomic E-state index is 14.4. The van der Waals surface area contributed by atoms with Crippen LogP contribution in [0.15, 0.2) is 79.0 Å². The zero-order chi connectivity index (χ0) is 45.3. The highest BCUT2D eigenvalue weighted by atomic mass is 16.5. The fourth-order valence-corrected chi connectivity index (χ4v) is 10.5. The molecule has 10 rings (SSSR count). The van der Waals surface area contributed by atoms with Crippen molar-refractivity contribution >= 4 is 45.7 Å². The number of imidazole rings is 2. The van der Waals surface area contributed by atoms with E-state index >= 15 is 0 Å². The fraction of sp³-hybridized carbons (Fsp3) is 0.388. The molecule has 0 radical (unpaired) electrons. The van der Waals surface area contributed by atoms with E-state index in [0.717, 1.165) is 66.9 Å². The van der Waals surface area contributed by atoms with E-state index in [2.05, 4.69) is 56.6 Å². The number of amides is 3. The monoisotopic (exact) mass is 880 g/mol. The topological polar surface area (TPSA) is 195 Å². The molecule has 3 fully saturated rings. The zero-order valence-electron chi connectivity index (χ0n) is 36.9. The molecule has 0 aliphatic carbocycles. The molecule has 6 aromatic rings. The van der Waals surface area contributed by atoms with Crippen LogP contribution in [-0.4, -0.2) is 117 Å². The molecule has 0 saturated carbocycles. The Morgan fingerprint density at radius 3 is 2.54 bits per heavy atom. The smallest absolute Gasteiger partial charge is 0.407 e. The van der Waals surface area contributed by atoms with Gasteiger partial charge in [0.15, 0.2) is 5.78 Å². The Bertz CT molecular complexity index is 2840. The number of aromatic amines is 2. The molecule has 4 aliphatic rings. The quantitative estimate of drug-likeness (QED) is 0.0905. The number of ketones is 1. The number of aromatic nitrogens is 4. The molecule has 8 atom stereocenters. The highest BCUT2D eigenvalue weighted by molar-refractivity contribution is 6.07. The summed E-state index contributed by atoms with van der Waals surface area (Å²) < 4.78 is 16.8. The molecule has 0 bridgehead atoms. The lowest BCUT2D eigenvalue weighted by molar-refractivity contribution is -0.135. The first-order chi connectivity index (χ1) is 31.4. The molecule has 65 heavy (non-hydrogen) atoms. The highest BCUT2D eigenvalue weighted by Gasteiger charge is 2.56. The van der Waals surface area contributed by atoms with E-state index < -0.39 is 30.2 Å². The Labute approximate surface area is 375 Å². The van der Waals surface area contributed by atoms with E-state index in [9.17, 15) is 24.3 Å². The normalized spacial score (nSPS) is 22.8. The van der Waals surface area contributed by atoms with Crippen molar-refractivity contribution in [1.29, 1.82) is 0 Å². The number of Topliss-reactive ketones (excluding diaryl/α,β-unsaturated/α-hetero) is 1. The van der Waals surface area contributed by atoms with Gasteiger partial charge in [0.2, 0.25) is 5.91 Å². The van der Waals surface area contributed by atoms with Gasteiger partial charge in [-0.3, -0.25) is 19.4 Å². The number of hydrogen-bond donors (Lipinski definition) is 4. The van der Waals surface area contributed by atoms with Crippen LogP contribution in [0.5, 0.6) is 5.75 Å². The lowest BCUT2D eigenvalue weighted by Gasteiger charge is -2.30. The number of ether oxygens (including phenoxy) is 3. The third kappa shape index (κ3) is 7.53. The van der Waals surface area contributed by atoms with Gasteiger partial charge in [-0.1, -0.05) is 62.4 Å². The van der Waals surface area contributed by atoms with Crippen molar-refractivity contribution in [2.75, 3.05) is 41.0 Å². The third-order valence-electron chi connectivity index (χ3n) is 13.8. The van der Waals surface area contributed by atoms with Gasteiger partial charge in [-0.05, 0) is 70.7 Å². The summed E-state index contributed by atoms with van der Waals surface area (Å²) in [6, 6.07) is 21.6. The first-order valence-electron chi connectivity index (χ1n) is 22.1. The molecule has 6 heterocycles. The average Bonchev–Trinajstić information content (AvgIpc) is 3.77. The number of carbonyl (C=O) groups is 4. The van der Waals surface area contributed by atoms with Crippen LogP contribution < -0.4 is 10.1 Å². The number of likely N-dealkylation sites (tertiary alicyclic amines) is 1. The number of alkyl carbamates (subject to hydrolysis) is 1. The number of likely N-dealkylation sites (N-methyl/N-ethyl adjacent to an activating group) is 1. The summed E-state index contributed by atoms with van der Waals surface area (Å²) in [7, 11) is 4.39. The number of methoxy groups -OCH3 is 2. The predicted molar refractivity (Wildman–Crippen MR) is 241 cm³/mol. The van der Waals surface area contributed by atoms with Crippen molar-refractivity contribution in [3.05, 3.63) is 102 Å². The molecule has 16 nitrogen and oxygen atoms in total. The van der Waals surface area contributed by atoms with Crippen LogP contribution in [0.4, 0.5) is 9.59 Å². The number of rotatable bonds is 12. The standard InChI is InChI=1S/C49H52N8O8/c1-25(2)40(54-48(60)64-5)47(59)57-21-26(23-63-4)15-38(57)45-50-20-37(52-45)29-11-13-32-30(16-29)24-65-39-19-33-28(17-34(32)39)12-14-36-41(33)53-46(51-36)43-35(18-31-22-56(31)43)44(58)42(55(3)49(61)62)27-9-7-6-8-10-27/h6-14,16-17,19-20,25-26,31,35,38,40,42-43H,15,18,21-24H2,1-5H3,(H,50,52)(H,51,53)(H,54,60)(H,61,62)/t26?,31-,35+,38?,40?,42-,43+,56?/m1/s1. The number of H-pyrrole nitrogens is 2. The van der Waals surface area contributed by atoms with Crippen LogP contribution in [-0.2, 0) is 25.7 Å². The van der Waals surface area contributed by atoms with Gasteiger partial charge in [0, 0.05) is 56.1 Å². The van der Waals surface area contributed by atoms with Gasteiger partial charge in [-0.2, -0.15) is 0 Å². The third-order valence-corrected chi connectivity index (χ3v) is 13.8. The number of carboxylic acid groups (broad SMARTS) is 1. The average molecular weight is 881 g/mol. The van der Waals surface area contributed by atoms with E-state index in [4.69, 9.17) is 24.2 Å². The minimum atomic E-state index is -1.16. The van der Waals surface area contributed by atoms with Crippen LogP contribution in [0, 0.1) is 17.8 Å². The second-order valence-electron chi connectivity index (χ2n) is 18.2. The van der Waals surface area contributed by atoms with Gasteiger partial charge in [-0.25, -0.2) is 19.6 Å². The number of carbonyl (C=O) groups excluding carboxylic acids is 3. The van der Waals surface area contributed by atoms with E-state index in [-0.39, 0.29) is 41.7 Å². The summed E-state index contributed by atoms with van der Waals surface area (Å²) in [5, 5.41) is 14.6. The molecule has 3 amide bonds. The first kappa shape index (κ1) is 42.2. The van der Waals surface area contributed by atoms with Crippen molar-refractivity contribution in [2.45, 2.75) is 63.5 Å². The summed E-state index contributed by atoms with van der Waals surface area (Å²) in [5.41, 5.74) is 7.08. The Balaban J connectivity index is 0.916. The highest BCUT2D eigenvalue weighted by Crippen LogP contribution is 2.51. The molecule has 16 heteroatoms. The molecule has 336 valence electrons. The fourth-order valence-electron chi connectivity index (χ4n) is 10.5. The van der Waals surface area contributed by atoms with Gasteiger partial charge in [-0.15, -0.1) is 0 Å². The first-order valence-corrected chi connectivity index (χ1v) is 22.1. The summed E-state index contributed by atoms with van der Waals surface area (Å²) in [6.45, 7) is 5.97. The number of piperidine rings is 1. The largest absolute Gasteiger partial charge is 0.488 e. The van der Waals surface area contributed by atoms with Gasteiger partial charge < -0.3 is 39.5 Å². The van der Waals surface area contributed by atoms with Crippen molar-refractivity contribution in [2.24, 2.45) is 17.8 Å². The van der Waals surface area contributed by atoms with Gasteiger partial charge in [0.1, 0.15) is 36.1 Å². The number of nitrogens with one attached hydrogen (secondary N) is 3. The Morgan fingerprint density at radius 1 is 0.969 bits per heavy atom. The van der Waals surface area contributed by atoms with Gasteiger partial charge in [0.25, 0.3) is 0 Å². The number of benzene rings is 4. The van der Waals surface area contributed by atoms with Crippen molar-refractivity contribution < 1.29 is 38.5 Å². The molecular formula is C49H52N8O8. The van der Waals surface area contributed by atoms with Crippen molar-refractivity contribution in [3.8, 4) is 28.1 Å². The molecule has 3 saturated heterocycles. The molecule has 4 unspecified atom stereocenters. The van der Waals surface area contributed by atoms with Gasteiger partial charge >= 0.3 is 12.2 Å². The molecular weight excluding hydrogens is 829 g/mol. The summed E-state index contributed by atoms with van der Waals surface area (Å²) in [4.78, 5) is 75.0. The SMILES string of the molecule is COCC1CC(c2ncc(-c3ccc4c(c3)COc3cc5c(ccc6[nH]c([C@@H]7[C@@H](C(=O)[C@@H](c8ccccc8)N(C)C(=O)O)C[C@@H]8CN87)nc65)cc3-4)[nH]2)N(C(=O)C(NC(=O)OC)C(C)C)C1. The van der Waals surface area contributed by atoms with E-state index in [0.29, 0.717) is 49.8 Å². The van der Waals surface area contributed by atoms with E-state index in [1.807, 2.05) is 50.2 Å². The van der Waals surface area contributed by atoms with Crippen LogP contribution >= 0.6 is 0 Å². The van der Waals surface area contributed by atoms with Crippen LogP contribution in [0.1, 0.15) is 67.6 Å². The Kier molecular flexibility index (Phi) is 10.8. The minimum absolute atomic E-state index is 0.100. The second-order valence-corrected chi connectivity index (χ2v) is 18.2. The molecule has 0 spiro atoms. The lowest BCUT2D eigenvalue weighted by atomic mass is 9.85. The summed E-state index contributed by atoms with van der Waals surface area (Å²) in [6.07, 6.45) is 1.29. The van der Waals surface area contributed by atoms with E-state index in [1.165, 1.54) is 14.2 Å². The molecule has 4 aliphatic heterocycles. The van der Waals surface area contributed by atoms with Gasteiger partial charge in [0.05, 0.1) is 48.7 Å². The maximum Gasteiger partial charge on any atom is 0.407 e. The number of nitrogens with zero attached hydrogens (tertiary/aromatic N) is 5. The number of fused-ring (bicyclic) bond motifs is 7. The minimum Gasteiger partial charge on any atom is -0.488 e. The number of hydrogen-bond acceptors (Lipinski definition) is 10.